The Bertz CT molecular complexity index is 720. The van der Waals surface area contributed by atoms with Crippen molar-refractivity contribution in [3.8, 4) is 0 Å². The summed E-state index contributed by atoms with van der Waals surface area (Å²) < 4.78 is 31.1. The molecule has 0 saturated carbocycles. The zero-order valence-corrected chi connectivity index (χ0v) is 13.5. The van der Waals surface area contributed by atoms with Crippen LogP contribution in [0.25, 0.3) is 0 Å². The number of carboxylic acid groups (broad SMARTS) is 1. The second-order valence-electron chi connectivity index (χ2n) is 3.95. The highest BCUT2D eigenvalue weighted by molar-refractivity contribution is 9.11. The minimum absolute atomic E-state index is 0.0350. The predicted molar refractivity (Wildman–Crippen MR) is 76.3 cm³/mol. The molecule has 0 aliphatic rings. The number of carboxylic acids is 1. The number of hydrogen-bond acceptors (Lipinski definition) is 5. The van der Waals surface area contributed by atoms with Gasteiger partial charge in [-0.3, -0.25) is 0 Å². The highest BCUT2D eigenvalue weighted by Crippen LogP contribution is 2.33. The van der Waals surface area contributed by atoms with Gasteiger partial charge in [-0.2, -0.15) is 4.31 Å². The molecular weight excluding hydrogens is 370 g/mol. The number of halogens is 1. The van der Waals surface area contributed by atoms with Gasteiger partial charge in [-0.05, 0) is 28.1 Å². The minimum Gasteiger partial charge on any atom is -0.477 e. The Morgan fingerprint density at radius 1 is 1.55 bits per heavy atom. The molecule has 108 valence electrons. The van der Waals surface area contributed by atoms with Crippen LogP contribution in [0.15, 0.2) is 37.8 Å². The molecule has 0 aliphatic heterocycles. The van der Waals surface area contributed by atoms with Gasteiger partial charge in [-0.25, -0.2) is 13.2 Å². The van der Waals surface area contributed by atoms with Crippen LogP contribution in [0.2, 0.25) is 0 Å². The van der Waals surface area contributed by atoms with Crippen LogP contribution in [0.3, 0.4) is 0 Å². The summed E-state index contributed by atoms with van der Waals surface area (Å²) >= 11 is 3.97. The summed E-state index contributed by atoms with van der Waals surface area (Å²) in [6.45, 7) is 0.142. The lowest BCUT2D eigenvalue weighted by Crippen LogP contribution is -2.26. The Morgan fingerprint density at radius 2 is 2.25 bits per heavy atom. The van der Waals surface area contributed by atoms with Gasteiger partial charge in [0, 0.05) is 19.2 Å². The number of rotatable bonds is 5. The summed E-state index contributed by atoms with van der Waals surface area (Å²) in [6.07, 6.45) is 2.91. The second kappa shape index (κ2) is 5.68. The molecule has 0 spiro atoms. The van der Waals surface area contributed by atoms with E-state index in [0.717, 1.165) is 21.7 Å². The molecule has 9 heteroatoms. The van der Waals surface area contributed by atoms with Crippen LogP contribution < -0.4 is 0 Å². The Balaban J connectivity index is 2.32. The predicted octanol–water partition coefficient (Wildman–Crippen LogP) is 2.62. The molecule has 0 aliphatic carbocycles. The van der Waals surface area contributed by atoms with Crippen LogP contribution in [0.5, 0.6) is 0 Å². The number of thiophene rings is 1. The summed E-state index contributed by atoms with van der Waals surface area (Å²) in [7, 11) is -2.34. The van der Waals surface area contributed by atoms with Crippen LogP contribution in [0.1, 0.15) is 15.2 Å². The van der Waals surface area contributed by atoms with E-state index in [2.05, 4.69) is 15.9 Å². The fraction of sp³-hybridized carbons (Fsp3) is 0.182. The van der Waals surface area contributed by atoms with Crippen LogP contribution in [0.4, 0.5) is 0 Å². The first-order valence-corrected chi connectivity index (χ1v) is 8.37. The fourth-order valence-electron chi connectivity index (χ4n) is 1.53. The van der Waals surface area contributed by atoms with Gasteiger partial charge in [-0.1, -0.05) is 0 Å². The Hall–Kier alpha value is -1.16. The van der Waals surface area contributed by atoms with Crippen molar-refractivity contribution in [3.05, 3.63) is 38.9 Å². The standard InChI is InChI=1S/C11H10BrNO5S2/c1-13(5-7-2-3-18-6-7)20(16,17)9-4-8(11(14)15)19-10(9)12/h2-4,6H,5H2,1H3,(H,14,15). The number of aromatic carboxylic acids is 1. The van der Waals surface area contributed by atoms with Crippen LogP contribution in [-0.4, -0.2) is 30.8 Å². The Kier molecular flexibility index (Phi) is 4.33. The molecule has 0 radical (unpaired) electrons. The lowest BCUT2D eigenvalue weighted by molar-refractivity contribution is 0.0702. The summed E-state index contributed by atoms with van der Waals surface area (Å²) in [5.74, 6) is -1.16. The van der Waals surface area contributed by atoms with Gasteiger partial charge < -0.3 is 9.52 Å². The van der Waals surface area contributed by atoms with Crippen molar-refractivity contribution in [1.29, 1.82) is 0 Å². The van der Waals surface area contributed by atoms with Gasteiger partial charge in [0.1, 0.15) is 9.77 Å². The molecular formula is C11H10BrNO5S2. The molecule has 0 aromatic carbocycles. The lowest BCUT2D eigenvalue weighted by Gasteiger charge is -2.15. The van der Waals surface area contributed by atoms with Crippen molar-refractivity contribution in [2.24, 2.45) is 0 Å². The highest BCUT2D eigenvalue weighted by Gasteiger charge is 2.27. The van der Waals surface area contributed by atoms with E-state index in [4.69, 9.17) is 9.52 Å². The number of sulfonamides is 1. The minimum atomic E-state index is -3.77. The molecule has 0 fully saturated rings. The van der Waals surface area contributed by atoms with E-state index >= 15 is 0 Å². The van der Waals surface area contributed by atoms with E-state index < -0.39 is 16.0 Å². The van der Waals surface area contributed by atoms with Crippen LogP contribution >= 0.6 is 27.3 Å². The van der Waals surface area contributed by atoms with Crippen molar-refractivity contribution < 1.29 is 22.7 Å². The van der Waals surface area contributed by atoms with Gasteiger partial charge in [0.2, 0.25) is 10.0 Å². The summed E-state index contributed by atoms with van der Waals surface area (Å²) in [4.78, 5) is 10.8. The van der Waals surface area contributed by atoms with Crippen molar-refractivity contribution in [3.63, 3.8) is 0 Å². The molecule has 20 heavy (non-hydrogen) atoms. The van der Waals surface area contributed by atoms with Crippen molar-refractivity contribution in [1.82, 2.24) is 4.31 Å². The molecule has 0 unspecified atom stereocenters. The number of carbonyl (C=O) groups is 1. The van der Waals surface area contributed by atoms with Crippen molar-refractivity contribution in [2.75, 3.05) is 7.05 Å². The number of hydrogen-bond donors (Lipinski definition) is 1. The molecule has 0 saturated heterocycles. The Labute approximate surface area is 127 Å². The zero-order chi connectivity index (χ0) is 14.9. The molecule has 2 aromatic heterocycles. The summed E-state index contributed by atoms with van der Waals surface area (Å²) in [5.41, 5.74) is 0.709. The number of nitrogens with zero attached hydrogens (tertiary/aromatic N) is 1. The van der Waals surface area contributed by atoms with E-state index in [1.54, 1.807) is 6.07 Å². The van der Waals surface area contributed by atoms with Crippen molar-refractivity contribution >= 4 is 43.3 Å². The van der Waals surface area contributed by atoms with Crippen LogP contribution in [0, 0.1) is 0 Å². The highest BCUT2D eigenvalue weighted by atomic mass is 79.9. The average Bonchev–Trinajstić information content (AvgIpc) is 2.98. The van der Waals surface area contributed by atoms with Crippen molar-refractivity contribution in [2.45, 2.75) is 11.4 Å². The van der Waals surface area contributed by atoms with E-state index in [-0.39, 0.29) is 20.1 Å². The van der Waals surface area contributed by atoms with E-state index in [0.29, 0.717) is 5.56 Å². The third-order valence-electron chi connectivity index (χ3n) is 2.54. The Morgan fingerprint density at radius 3 is 2.75 bits per heavy atom. The van der Waals surface area contributed by atoms with Gasteiger partial charge in [0.15, 0.2) is 0 Å². The first-order valence-electron chi connectivity index (χ1n) is 5.32. The zero-order valence-electron chi connectivity index (χ0n) is 10.2. The number of furan rings is 1. The second-order valence-corrected chi connectivity index (χ2v) is 8.33. The summed E-state index contributed by atoms with van der Waals surface area (Å²) in [5, 5.41) is 8.90. The molecule has 6 nitrogen and oxygen atoms in total. The molecule has 0 amide bonds. The maximum absolute atomic E-state index is 12.4. The lowest BCUT2D eigenvalue weighted by atomic mass is 10.3. The molecule has 1 N–H and O–H groups in total. The monoisotopic (exact) mass is 379 g/mol. The van der Waals surface area contributed by atoms with Gasteiger partial charge in [-0.15, -0.1) is 11.3 Å². The van der Waals surface area contributed by atoms with Gasteiger partial charge in [0.25, 0.3) is 0 Å². The molecule has 2 aromatic rings. The largest absolute Gasteiger partial charge is 0.477 e. The first-order chi connectivity index (χ1) is 9.32. The third kappa shape index (κ3) is 2.95. The van der Waals surface area contributed by atoms with E-state index in [1.165, 1.54) is 19.6 Å². The fourth-order valence-corrected chi connectivity index (χ4v) is 5.03. The third-order valence-corrected chi connectivity index (χ3v) is 6.58. The maximum Gasteiger partial charge on any atom is 0.345 e. The molecule has 0 atom stereocenters. The van der Waals surface area contributed by atoms with E-state index in [9.17, 15) is 13.2 Å². The summed E-state index contributed by atoms with van der Waals surface area (Å²) in [6, 6.07) is 2.82. The maximum atomic E-state index is 12.4. The van der Waals surface area contributed by atoms with E-state index in [1.807, 2.05) is 0 Å². The average molecular weight is 380 g/mol. The molecule has 2 heterocycles. The topological polar surface area (TPSA) is 87.8 Å². The van der Waals surface area contributed by atoms with Crippen LogP contribution in [-0.2, 0) is 16.6 Å². The van der Waals surface area contributed by atoms with Gasteiger partial charge in [0.05, 0.1) is 16.3 Å². The molecule has 2 rings (SSSR count). The SMILES string of the molecule is CN(Cc1ccoc1)S(=O)(=O)c1cc(C(=O)O)sc1Br. The molecule has 0 bridgehead atoms. The normalized spacial score (nSPS) is 11.9. The first kappa shape index (κ1) is 15.2. The quantitative estimate of drug-likeness (QED) is 0.862. The smallest absolute Gasteiger partial charge is 0.345 e. The van der Waals surface area contributed by atoms with Gasteiger partial charge >= 0.3 is 5.97 Å².